The minimum Gasteiger partial charge on any atom is -0.456 e. The maximum atomic E-state index is 13.0. The van der Waals surface area contributed by atoms with Gasteiger partial charge in [0.1, 0.15) is 11.6 Å². The van der Waals surface area contributed by atoms with Crippen LogP contribution < -0.4 is 0 Å². The Kier molecular flexibility index (Phi) is 4.48. The lowest BCUT2D eigenvalue weighted by atomic mass is 10.1. The van der Waals surface area contributed by atoms with Crippen molar-refractivity contribution in [3.63, 3.8) is 0 Å². The summed E-state index contributed by atoms with van der Waals surface area (Å²) in [5.74, 6) is 0.800. The van der Waals surface area contributed by atoms with Crippen molar-refractivity contribution in [1.29, 1.82) is 0 Å². The average molecular weight is 317 g/mol. The second kappa shape index (κ2) is 6.54. The summed E-state index contributed by atoms with van der Waals surface area (Å²) in [4.78, 5) is 14.4. The Morgan fingerprint density at radius 1 is 1.30 bits per heavy atom. The summed E-state index contributed by atoms with van der Waals surface area (Å²) in [5, 5.41) is 0. The molecule has 122 valence electrons. The molecule has 0 unspecified atom stereocenters. The predicted molar refractivity (Wildman–Crippen MR) is 83.9 cm³/mol. The van der Waals surface area contributed by atoms with Crippen molar-refractivity contribution >= 4 is 5.91 Å². The topological polar surface area (TPSA) is 42.7 Å². The van der Waals surface area contributed by atoms with E-state index in [0.29, 0.717) is 31.9 Å². The first-order valence-corrected chi connectivity index (χ1v) is 7.75. The minimum absolute atomic E-state index is 0.0884. The SMILES string of the molecule is Cc1cc(C)c(C(=O)N2CCO[C@H](Cc3ccc(F)cc3)C2)o1. The lowest BCUT2D eigenvalue weighted by molar-refractivity contribution is -0.0218. The molecule has 1 aromatic heterocycles. The molecule has 1 fully saturated rings. The summed E-state index contributed by atoms with van der Waals surface area (Å²) < 4.78 is 24.2. The van der Waals surface area contributed by atoms with E-state index in [0.717, 1.165) is 16.9 Å². The number of carbonyl (C=O) groups excluding carboxylic acids is 1. The summed E-state index contributed by atoms with van der Waals surface area (Å²) in [6.07, 6.45) is 0.565. The van der Waals surface area contributed by atoms with E-state index < -0.39 is 0 Å². The fraction of sp³-hybridized carbons (Fsp3) is 0.389. The molecular formula is C18H20FNO3. The van der Waals surface area contributed by atoms with E-state index in [1.807, 2.05) is 19.9 Å². The largest absolute Gasteiger partial charge is 0.456 e. The second-order valence-electron chi connectivity index (χ2n) is 5.94. The Morgan fingerprint density at radius 2 is 2.04 bits per heavy atom. The van der Waals surface area contributed by atoms with E-state index in [4.69, 9.17) is 9.15 Å². The van der Waals surface area contributed by atoms with Crippen molar-refractivity contribution in [3.05, 3.63) is 58.8 Å². The van der Waals surface area contributed by atoms with Crippen LogP contribution in [0.4, 0.5) is 4.39 Å². The summed E-state index contributed by atoms with van der Waals surface area (Å²) in [6, 6.07) is 8.24. The first-order valence-electron chi connectivity index (χ1n) is 7.75. The molecule has 1 aliphatic rings. The molecule has 5 heteroatoms. The van der Waals surface area contributed by atoms with Crippen molar-refractivity contribution in [1.82, 2.24) is 4.90 Å². The zero-order chi connectivity index (χ0) is 16.4. The lowest BCUT2D eigenvalue weighted by Crippen LogP contribution is -2.46. The Hall–Kier alpha value is -2.14. The van der Waals surface area contributed by atoms with E-state index in [2.05, 4.69) is 0 Å². The second-order valence-corrected chi connectivity index (χ2v) is 5.94. The van der Waals surface area contributed by atoms with E-state index in [-0.39, 0.29) is 17.8 Å². The van der Waals surface area contributed by atoms with Crippen molar-refractivity contribution in [3.8, 4) is 0 Å². The number of hydrogen-bond acceptors (Lipinski definition) is 3. The molecule has 2 heterocycles. The summed E-state index contributed by atoms with van der Waals surface area (Å²) in [5.41, 5.74) is 1.85. The van der Waals surface area contributed by atoms with Gasteiger partial charge in [-0.3, -0.25) is 4.79 Å². The van der Waals surface area contributed by atoms with E-state index in [1.165, 1.54) is 12.1 Å². The molecular weight excluding hydrogens is 297 g/mol. The zero-order valence-electron chi connectivity index (χ0n) is 13.3. The number of furan rings is 1. The van der Waals surface area contributed by atoms with Crippen molar-refractivity contribution in [2.24, 2.45) is 0 Å². The predicted octanol–water partition coefficient (Wildman–Crippen LogP) is 3.12. The highest BCUT2D eigenvalue weighted by atomic mass is 19.1. The third-order valence-corrected chi connectivity index (χ3v) is 4.04. The number of halogens is 1. The van der Waals surface area contributed by atoms with Crippen LogP contribution in [0, 0.1) is 19.7 Å². The fourth-order valence-electron chi connectivity index (χ4n) is 2.91. The van der Waals surface area contributed by atoms with Crippen LogP contribution in [0.15, 0.2) is 34.7 Å². The Labute approximate surface area is 134 Å². The number of amides is 1. The Morgan fingerprint density at radius 3 is 2.70 bits per heavy atom. The highest BCUT2D eigenvalue weighted by molar-refractivity contribution is 5.93. The molecule has 23 heavy (non-hydrogen) atoms. The number of ether oxygens (including phenoxy) is 1. The quantitative estimate of drug-likeness (QED) is 0.873. The first kappa shape index (κ1) is 15.7. The van der Waals surface area contributed by atoms with Gasteiger partial charge in [-0.15, -0.1) is 0 Å². The Balaban J connectivity index is 1.67. The van der Waals surface area contributed by atoms with Crippen LogP contribution in [0.2, 0.25) is 0 Å². The van der Waals surface area contributed by atoms with Crippen LogP contribution >= 0.6 is 0 Å². The van der Waals surface area contributed by atoms with Gasteiger partial charge < -0.3 is 14.1 Å². The molecule has 0 N–H and O–H groups in total. The molecule has 0 saturated carbocycles. The summed E-state index contributed by atoms with van der Waals surface area (Å²) in [7, 11) is 0. The number of aryl methyl sites for hydroxylation is 2. The van der Waals surface area contributed by atoms with Gasteiger partial charge in [-0.1, -0.05) is 12.1 Å². The van der Waals surface area contributed by atoms with Crippen LogP contribution in [-0.4, -0.2) is 36.6 Å². The molecule has 2 aromatic rings. The van der Waals surface area contributed by atoms with Gasteiger partial charge in [-0.25, -0.2) is 4.39 Å². The van der Waals surface area contributed by atoms with Crippen molar-refractivity contribution < 1.29 is 18.3 Å². The number of morpholine rings is 1. The average Bonchev–Trinajstić information content (AvgIpc) is 2.88. The van der Waals surface area contributed by atoms with Gasteiger partial charge in [0, 0.05) is 25.1 Å². The van der Waals surface area contributed by atoms with E-state index >= 15 is 0 Å². The number of rotatable bonds is 3. The van der Waals surface area contributed by atoms with Gasteiger partial charge >= 0.3 is 0 Å². The van der Waals surface area contributed by atoms with Gasteiger partial charge in [0.15, 0.2) is 5.76 Å². The number of benzene rings is 1. The van der Waals surface area contributed by atoms with E-state index in [9.17, 15) is 9.18 Å². The molecule has 0 aliphatic carbocycles. The maximum absolute atomic E-state index is 13.0. The molecule has 1 aliphatic heterocycles. The van der Waals surface area contributed by atoms with Gasteiger partial charge in [0.2, 0.25) is 0 Å². The third-order valence-electron chi connectivity index (χ3n) is 4.04. The fourth-order valence-corrected chi connectivity index (χ4v) is 2.91. The molecule has 3 rings (SSSR count). The number of nitrogens with zero attached hydrogens (tertiary/aromatic N) is 1. The van der Waals surface area contributed by atoms with Crippen molar-refractivity contribution in [2.45, 2.75) is 26.4 Å². The monoisotopic (exact) mass is 317 g/mol. The van der Waals surface area contributed by atoms with Gasteiger partial charge in [-0.2, -0.15) is 0 Å². The Bertz CT molecular complexity index is 693. The number of hydrogen-bond donors (Lipinski definition) is 0. The molecule has 1 saturated heterocycles. The van der Waals surface area contributed by atoms with Gasteiger partial charge in [0.05, 0.1) is 12.7 Å². The molecule has 1 atom stereocenters. The standard InChI is InChI=1S/C18H20FNO3/c1-12-9-13(2)23-17(12)18(21)20-7-8-22-16(11-20)10-14-3-5-15(19)6-4-14/h3-6,9,16H,7-8,10-11H2,1-2H3/t16-/m1/s1. The normalized spacial score (nSPS) is 18.2. The lowest BCUT2D eigenvalue weighted by Gasteiger charge is -2.32. The molecule has 0 radical (unpaired) electrons. The third kappa shape index (κ3) is 3.62. The first-order chi connectivity index (χ1) is 11.0. The maximum Gasteiger partial charge on any atom is 0.290 e. The van der Waals surface area contributed by atoms with E-state index in [1.54, 1.807) is 17.0 Å². The van der Waals surface area contributed by atoms with Gasteiger partial charge in [0.25, 0.3) is 5.91 Å². The minimum atomic E-state index is -0.251. The van der Waals surface area contributed by atoms with Crippen LogP contribution in [0.1, 0.15) is 27.4 Å². The van der Waals surface area contributed by atoms with Crippen LogP contribution in [0.5, 0.6) is 0 Å². The van der Waals surface area contributed by atoms with Crippen molar-refractivity contribution in [2.75, 3.05) is 19.7 Å². The molecule has 1 aromatic carbocycles. The molecule has 4 nitrogen and oxygen atoms in total. The van der Waals surface area contributed by atoms with Crippen LogP contribution in [0.3, 0.4) is 0 Å². The summed E-state index contributed by atoms with van der Waals surface area (Å²) in [6.45, 7) is 5.27. The van der Waals surface area contributed by atoms with Crippen LogP contribution in [-0.2, 0) is 11.2 Å². The smallest absolute Gasteiger partial charge is 0.290 e. The highest BCUT2D eigenvalue weighted by Gasteiger charge is 2.28. The number of carbonyl (C=O) groups is 1. The molecule has 0 spiro atoms. The van der Waals surface area contributed by atoms with Gasteiger partial charge in [-0.05, 0) is 37.6 Å². The zero-order valence-corrected chi connectivity index (χ0v) is 13.3. The molecule has 0 bridgehead atoms. The summed E-state index contributed by atoms with van der Waals surface area (Å²) >= 11 is 0. The van der Waals surface area contributed by atoms with Crippen LogP contribution in [0.25, 0.3) is 0 Å². The highest BCUT2D eigenvalue weighted by Crippen LogP contribution is 2.19. The molecule has 1 amide bonds.